The molecular weight excluding hydrogens is 306 g/mol. The first-order valence-corrected chi connectivity index (χ1v) is 7.54. The van der Waals surface area contributed by atoms with E-state index in [0.717, 1.165) is 15.3 Å². The van der Waals surface area contributed by atoms with E-state index in [9.17, 15) is 0 Å². The van der Waals surface area contributed by atoms with Crippen molar-refractivity contribution in [3.63, 3.8) is 0 Å². The molecule has 2 nitrogen and oxygen atoms in total. The molecule has 86 valence electrons. The first-order chi connectivity index (χ1) is 7.79. The molecule has 1 unspecified atom stereocenters. The second kappa shape index (κ2) is 5.91. The van der Waals surface area contributed by atoms with E-state index in [0.29, 0.717) is 11.8 Å². The largest absolute Gasteiger partial charge is 0.468 e. The Balaban J connectivity index is 1.96. The van der Waals surface area contributed by atoms with Crippen molar-refractivity contribution in [2.45, 2.75) is 11.0 Å². The first-order valence-electron chi connectivity index (χ1n) is 4.89. The minimum absolute atomic E-state index is 0.349. The summed E-state index contributed by atoms with van der Waals surface area (Å²) in [5.41, 5.74) is 5.79. The average molecular weight is 318 g/mol. The molecule has 0 radical (unpaired) electrons. The van der Waals surface area contributed by atoms with E-state index in [-0.39, 0.29) is 0 Å². The van der Waals surface area contributed by atoms with Crippen LogP contribution in [0.25, 0.3) is 0 Å². The third-order valence-corrected chi connectivity index (χ3v) is 5.32. The third kappa shape index (κ3) is 3.13. The van der Waals surface area contributed by atoms with Gasteiger partial charge in [0, 0.05) is 11.4 Å². The Morgan fingerprint density at radius 1 is 1.44 bits per heavy atom. The Morgan fingerprint density at radius 2 is 2.31 bits per heavy atom. The molecule has 2 aromatic rings. The Hall–Kier alpha value is -0.230. The van der Waals surface area contributed by atoms with Gasteiger partial charge in [-0.3, -0.25) is 0 Å². The lowest BCUT2D eigenvalue weighted by Gasteiger charge is -2.11. The highest BCUT2D eigenvalue weighted by Gasteiger charge is 2.13. The molecule has 0 aromatic carbocycles. The number of thioether (sulfide) groups is 1. The van der Waals surface area contributed by atoms with Crippen molar-refractivity contribution in [1.29, 1.82) is 0 Å². The lowest BCUT2D eigenvalue weighted by Crippen LogP contribution is -2.08. The van der Waals surface area contributed by atoms with Crippen LogP contribution in [0.3, 0.4) is 0 Å². The van der Waals surface area contributed by atoms with Gasteiger partial charge in [0.2, 0.25) is 0 Å². The molecule has 1 atom stereocenters. The van der Waals surface area contributed by atoms with Gasteiger partial charge in [0.1, 0.15) is 5.76 Å². The van der Waals surface area contributed by atoms with Crippen LogP contribution in [0.2, 0.25) is 0 Å². The van der Waals surface area contributed by atoms with E-state index in [4.69, 9.17) is 10.2 Å². The Labute approximate surface area is 111 Å². The molecule has 2 rings (SSSR count). The molecular formula is C11H12BrNOS2. The van der Waals surface area contributed by atoms with Crippen molar-refractivity contribution in [3.05, 3.63) is 45.0 Å². The molecule has 0 bridgehead atoms. The van der Waals surface area contributed by atoms with Crippen molar-refractivity contribution in [3.8, 4) is 0 Å². The van der Waals surface area contributed by atoms with Gasteiger partial charge < -0.3 is 10.2 Å². The lowest BCUT2D eigenvalue weighted by molar-refractivity contribution is 0.530. The van der Waals surface area contributed by atoms with Crippen LogP contribution >= 0.6 is 39.0 Å². The summed E-state index contributed by atoms with van der Waals surface area (Å²) in [7, 11) is 0. The van der Waals surface area contributed by atoms with Crippen molar-refractivity contribution >= 4 is 39.0 Å². The Morgan fingerprint density at radius 3 is 2.88 bits per heavy atom. The SMILES string of the molecule is NCC(SCc1ccco1)c1ccc(Br)s1. The summed E-state index contributed by atoms with van der Waals surface area (Å²) in [4.78, 5) is 1.31. The summed E-state index contributed by atoms with van der Waals surface area (Å²) in [5.74, 6) is 1.86. The summed E-state index contributed by atoms with van der Waals surface area (Å²) in [5, 5.41) is 0.349. The summed E-state index contributed by atoms with van der Waals surface area (Å²) in [6.07, 6.45) is 1.70. The van der Waals surface area contributed by atoms with Crippen molar-refractivity contribution < 1.29 is 4.42 Å². The highest BCUT2D eigenvalue weighted by atomic mass is 79.9. The van der Waals surface area contributed by atoms with Crippen LogP contribution in [0.15, 0.2) is 38.7 Å². The highest BCUT2D eigenvalue weighted by molar-refractivity contribution is 9.11. The average Bonchev–Trinajstić information content (AvgIpc) is 2.91. The van der Waals surface area contributed by atoms with Gasteiger partial charge in [0.05, 0.1) is 21.1 Å². The van der Waals surface area contributed by atoms with Gasteiger partial charge in [-0.1, -0.05) is 0 Å². The maximum Gasteiger partial charge on any atom is 0.113 e. The number of thiophene rings is 1. The van der Waals surface area contributed by atoms with E-state index >= 15 is 0 Å². The van der Waals surface area contributed by atoms with Gasteiger partial charge in [-0.15, -0.1) is 23.1 Å². The van der Waals surface area contributed by atoms with E-state index in [1.54, 1.807) is 17.6 Å². The minimum Gasteiger partial charge on any atom is -0.468 e. The number of hydrogen-bond acceptors (Lipinski definition) is 4. The summed E-state index contributed by atoms with van der Waals surface area (Å²) in [6.45, 7) is 0.651. The monoisotopic (exact) mass is 317 g/mol. The van der Waals surface area contributed by atoms with Crippen molar-refractivity contribution in [2.24, 2.45) is 5.73 Å². The number of halogens is 1. The van der Waals surface area contributed by atoms with Crippen LogP contribution in [0.5, 0.6) is 0 Å². The molecule has 2 heterocycles. The molecule has 16 heavy (non-hydrogen) atoms. The predicted octanol–water partition coefficient (Wildman–Crippen LogP) is 4.04. The second-order valence-electron chi connectivity index (χ2n) is 3.26. The zero-order valence-electron chi connectivity index (χ0n) is 8.56. The standard InChI is InChI=1S/C11H12BrNOS2/c12-11-4-3-9(16-11)10(6-13)15-7-8-2-1-5-14-8/h1-5,10H,6-7,13H2. The minimum atomic E-state index is 0.349. The molecule has 0 aliphatic carbocycles. The zero-order chi connectivity index (χ0) is 11.4. The van der Waals surface area contributed by atoms with Crippen molar-refractivity contribution in [2.75, 3.05) is 6.54 Å². The van der Waals surface area contributed by atoms with Gasteiger partial charge in [-0.25, -0.2) is 0 Å². The number of rotatable bonds is 5. The van der Waals surface area contributed by atoms with Gasteiger partial charge in [-0.05, 0) is 40.2 Å². The number of nitrogens with two attached hydrogens (primary N) is 1. The lowest BCUT2D eigenvalue weighted by atomic mass is 10.3. The van der Waals surface area contributed by atoms with E-state index in [1.807, 2.05) is 23.9 Å². The fourth-order valence-electron chi connectivity index (χ4n) is 1.35. The van der Waals surface area contributed by atoms with Crippen LogP contribution < -0.4 is 5.73 Å². The molecule has 0 spiro atoms. The van der Waals surface area contributed by atoms with Crippen LogP contribution in [-0.4, -0.2) is 6.54 Å². The molecule has 0 aliphatic rings. The van der Waals surface area contributed by atoms with Gasteiger partial charge >= 0.3 is 0 Å². The van der Waals surface area contributed by atoms with E-state index < -0.39 is 0 Å². The van der Waals surface area contributed by atoms with Crippen molar-refractivity contribution in [1.82, 2.24) is 0 Å². The summed E-state index contributed by atoms with van der Waals surface area (Å²) < 4.78 is 6.45. The van der Waals surface area contributed by atoms with Gasteiger partial charge in [0.25, 0.3) is 0 Å². The number of hydrogen-bond donors (Lipinski definition) is 1. The Bertz CT molecular complexity index is 427. The molecule has 0 saturated heterocycles. The number of furan rings is 1. The van der Waals surface area contributed by atoms with Crippen LogP contribution in [0, 0.1) is 0 Å². The first kappa shape index (κ1) is 12.2. The summed E-state index contributed by atoms with van der Waals surface area (Å²) >= 11 is 7.03. The Kier molecular flexibility index (Phi) is 4.52. The molecule has 0 amide bonds. The molecule has 2 aromatic heterocycles. The third-order valence-electron chi connectivity index (χ3n) is 2.13. The van der Waals surface area contributed by atoms with E-state index in [2.05, 4.69) is 28.1 Å². The zero-order valence-corrected chi connectivity index (χ0v) is 11.8. The van der Waals surface area contributed by atoms with Crippen LogP contribution in [0.1, 0.15) is 15.9 Å². The fourth-order valence-corrected chi connectivity index (χ4v) is 4.02. The van der Waals surface area contributed by atoms with Crippen LogP contribution in [-0.2, 0) is 5.75 Å². The topological polar surface area (TPSA) is 39.2 Å². The van der Waals surface area contributed by atoms with Crippen LogP contribution in [0.4, 0.5) is 0 Å². The maximum atomic E-state index is 5.79. The molecule has 0 fully saturated rings. The molecule has 5 heteroatoms. The summed E-state index contributed by atoms with van der Waals surface area (Å²) in [6, 6.07) is 8.09. The van der Waals surface area contributed by atoms with Gasteiger partial charge in [-0.2, -0.15) is 0 Å². The maximum absolute atomic E-state index is 5.79. The molecule has 0 aliphatic heterocycles. The molecule has 0 saturated carbocycles. The smallest absolute Gasteiger partial charge is 0.113 e. The quantitative estimate of drug-likeness (QED) is 0.904. The highest BCUT2D eigenvalue weighted by Crippen LogP contribution is 2.36. The van der Waals surface area contributed by atoms with Gasteiger partial charge in [0.15, 0.2) is 0 Å². The van der Waals surface area contributed by atoms with E-state index in [1.165, 1.54) is 4.88 Å². The normalized spacial score (nSPS) is 12.9. The molecule has 2 N–H and O–H groups in total. The predicted molar refractivity (Wildman–Crippen MR) is 73.8 cm³/mol. The second-order valence-corrected chi connectivity index (χ2v) is 6.94. The fraction of sp³-hybridized carbons (Fsp3) is 0.273.